The van der Waals surface area contributed by atoms with E-state index in [9.17, 15) is 4.39 Å². The van der Waals surface area contributed by atoms with Crippen LogP contribution in [0.15, 0.2) is 0 Å². The van der Waals surface area contributed by atoms with E-state index in [1.807, 2.05) is 0 Å². The van der Waals surface area contributed by atoms with E-state index in [1.165, 1.54) is 0 Å². The first kappa shape index (κ1) is 5.68. The van der Waals surface area contributed by atoms with E-state index >= 15 is 0 Å². The molecule has 0 spiro atoms. The summed E-state index contributed by atoms with van der Waals surface area (Å²) in [7, 11) is 5.09. The second kappa shape index (κ2) is 2.27. The molecule has 1 N–H and O–H groups in total. The quantitative estimate of drug-likeness (QED) is 0.453. The lowest BCUT2D eigenvalue weighted by Crippen LogP contribution is -2.27. The fourth-order valence-electron chi connectivity index (χ4n) is 0.757. The Morgan fingerprint density at radius 1 is 1.89 bits per heavy atom. The number of hydrogen-bond acceptors (Lipinski definition) is 2. The summed E-state index contributed by atoms with van der Waals surface area (Å²) in [5.41, 5.74) is 0. The van der Waals surface area contributed by atoms with Gasteiger partial charge >= 0.3 is 0 Å². The maximum atomic E-state index is 12.6. The van der Waals surface area contributed by atoms with Gasteiger partial charge < -0.3 is 9.84 Å². The van der Waals surface area contributed by atoms with Crippen LogP contribution in [0.2, 0.25) is 0 Å². The summed E-state index contributed by atoms with van der Waals surface area (Å²) in [6.07, 6.45) is -3.53. The molecular formula is C5H8BFO2. The van der Waals surface area contributed by atoms with Crippen molar-refractivity contribution < 1.29 is 15.6 Å². The van der Waals surface area contributed by atoms with Crippen LogP contribution in [-0.2, 0) is 4.74 Å². The molecule has 1 fully saturated rings. The maximum absolute atomic E-state index is 12.6. The van der Waals surface area contributed by atoms with E-state index in [0.717, 1.165) is 0 Å². The van der Waals surface area contributed by atoms with Crippen molar-refractivity contribution in [3.05, 3.63) is 0 Å². The molecule has 2 nitrogen and oxygen atoms in total. The lowest BCUT2D eigenvalue weighted by Gasteiger charge is -2.06. The van der Waals surface area contributed by atoms with Gasteiger partial charge in [0.1, 0.15) is 20.1 Å². The van der Waals surface area contributed by atoms with Gasteiger partial charge in [-0.15, -0.1) is 0 Å². The van der Waals surface area contributed by atoms with Crippen LogP contribution in [0.4, 0.5) is 4.39 Å². The maximum Gasteiger partial charge on any atom is 0.146 e. The zero-order valence-corrected chi connectivity index (χ0v) is 4.83. The first-order valence-electron chi connectivity index (χ1n) is 3.40. The lowest BCUT2D eigenvalue weighted by atomic mass is 9.94. The molecule has 50 valence electrons. The molecule has 1 heterocycles. The Morgan fingerprint density at radius 2 is 2.56 bits per heavy atom. The van der Waals surface area contributed by atoms with Gasteiger partial charge in [-0.05, 0) is 6.90 Å². The predicted molar refractivity (Wildman–Crippen MR) is 31.0 cm³/mol. The van der Waals surface area contributed by atoms with Gasteiger partial charge in [-0.25, -0.2) is 4.39 Å². The number of halogens is 1. The number of hydrogen-bond donors (Lipinski definition) is 1. The van der Waals surface area contributed by atoms with Crippen LogP contribution in [0.25, 0.3) is 0 Å². The highest BCUT2D eigenvalue weighted by atomic mass is 19.1. The summed E-state index contributed by atoms with van der Waals surface area (Å²) in [6, 6.07) is -1.06. The van der Waals surface area contributed by atoms with Crippen LogP contribution in [0.1, 0.15) is 8.27 Å². The standard InChI is InChI=1S/C5H8BFO2/c1-2-4(8)3(7)5(6)9-2/h2-5,8H,1H3/t2-,3+,4?,5-/m1/s1/i1D. The number of aliphatic hydroxyl groups is 1. The van der Waals surface area contributed by atoms with Gasteiger partial charge in [0.2, 0.25) is 0 Å². The fraction of sp³-hybridized carbons (Fsp3) is 1.00. The van der Waals surface area contributed by atoms with E-state index < -0.39 is 24.4 Å². The molecule has 4 heteroatoms. The van der Waals surface area contributed by atoms with Gasteiger partial charge in [-0.2, -0.15) is 0 Å². The van der Waals surface area contributed by atoms with Crippen LogP contribution in [-0.4, -0.2) is 37.3 Å². The molecule has 4 atom stereocenters. The molecule has 1 aliphatic rings. The van der Waals surface area contributed by atoms with Crippen molar-refractivity contribution in [1.82, 2.24) is 0 Å². The number of alkyl halides is 1. The molecular weight excluding hydrogens is 122 g/mol. The van der Waals surface area contributed by atoms with Gasteiger partial charge in [0.25, 0.3) is 0 Å². The molecule has 0 aromatic heterocycles. The molecule has 1 rings (SSSR count). The summed E-state index contributed by atoms with van der Waals surface area (Å²) in [5, 5.41) is 8.93. The molecule has 0 aromatic rings. The molecule has 0 saturated carbocycles. The van der Waals surface area contributed by atoms with Gasteiger partial charge in [-0.1, -0.05) is 0 Å². The van der Waals surface area contributed by atoms with E-state index in [-0.39, 0.29) is 6.90 Å². The Hall–Kier alpha value is -0.0851. The second-order valence-corrected chi connectivity index (χ2v) is 2.07. The van der Waals surface area contributed by atoms with E-state index in [4.69, 9.17) is 19.1 Å². The van der Waals surface area contributed by atoms with Crippen LogP contribution < -0.4 is 0 Å². The molecule has 1 saturated heterocycles. The Morgan fingerprint density at radius 3 is 2.78 bits per heavy atom. The second-order valence-electron chi connectivity index (χ2n) is 2.07. The Bertz CT molecular complexity index is 126. The third-order valence-corrected chi connectivity index (χ3v) is 1.35. The molecule has 1 unspecified atom stereocenters. The van der Waals surface area contributed by atoms with Crippen molar-refractivity contribution >= 4 is 7.85 Å². The van der Waals surface area contributed by atoms with Gasteiger partial charge in [-0.3, -0.25) is 0 Å². The molecule has 0 amide bonds. The summed E-state index contributed by atoms with van der Waals surface area (Å²) in [6.45, 7) is -0.157. The monoisotopic (exact) mass is 131 g/mol. The average molecular weight is 131 g/mol. The molecule has 0 bridgehead atoms. The highest BCUT2D eigenvalue weighted by Gasteiger charge is 2.38. The minimum absolute atomic E-state index is 0.157. The Labute approximate surface area is 55.8 Å². The predicted octanol–water partition coefficient (Wildman–Crippen LogP) is -0.401. The SMILES string of the molecule is [2H]C[C@H]1O[C@@H]([B])[C@@H](F)C1O. The summed E-state index contributed by atoms with van der Waals surface area (Å²) < 4.78 is 24.1. The minimum atomic E-state index is -1.55. The van der Waals surface area contributed by atoms with Crippen molar-refractivity contribution in [1.29, 1.82) is 0 Å². The average Bonchev–Trinajstić information content (AvgIpc) is 2.17. The summed E-state index contributed by atoms with van der Waals surface area (Å²) >= 11 is 0. The first-order chi connectivity index (χ1) is 4.66. The number of aliphatic hydroxyl groups excluding tert-OH is 1. The lowest BCUT2D eigenvalue weighted by molar-refractivity contribution is 0.0430. The number of rotatable bonds is 0. The molecule has 0 aliphatic carbocycles. The Kier molecular flexibility index (Phi) is 1.43. The van der Waals surface area contributed by atoms with E-state index in [2.05, 4.69) is 0 Å². The summed E-state index contributed by atoms with van der Waals surface area (Å²) in [5.74, 6) is 0. The number of ether oxygens (including phenoxy) is 1. The van der Waals surface area contributed by atoms with Crippen molar-refractivity contribution in [2.24, 2.45) is 0 Å². The normalized spacial score (nSPS) is 53.3. The highest BCUT2D eigenvalue weighted by Crippen LogP contribution is 2.20. The van der Waals surface area contributed by atoms with Crippen LogP contribution in [0.5, 0.6) is 0 Å². The van der Waals surface area contributed by atoms with Crippen molar-refractivity contribution in [3.8, 4) is 0 Å². The molecule has 9 heavy (non-hydrogen) atoms. The largest absolute Gasteiger partial charge is 0.387 e. The fourth-order valence-corrected chi connectivity index (χ4v) is 0.757. The molecule has 0 aromatic carbocycles. The molecule has 1 aliphatic heterocycles. The smallest absolute Gasteiger partial charge is 0.146 e. The zero-order valence-electron chi connectivity index (χ0n) is 5.83. The van der Waals surface area contributed by atoms with E-state index in [0.29, 0.717) is 0 Å². The Balaban J connectivity index is 2.53. The van der Waals surface area contributed by atoms with Crippen LogP contribution >= 0.6 is 0 Å². The summed E-state index contributed by atoms with van der Waals surface area (Å²) in [4.78, 5) is 0. The van der Waals surface area contributed by atoms with Gasteiger partial charge in [0, 0.05) is 1.37 Å². The minimum Gasteiger partial charge on any atom is -0.387 e. The topological polar surface area (TPSA) is 29.5 Å². The first-order valence-corrected chi connectivity index (χ1v) is 2.69. The van der Waals surface area contributed by atoms with Gasteiger partial charge in [0.15, 0.2) is 0 Å². The van der Waals surface area contributed by atoms with Crippen molar-refractivity contribution in [2.75, 3.05) is 0 Å². The van der Waals surface area contributed by atoms with Crippen LogP contribution in [0.3, 0.4) is 0 Å². The zero-order chi connectivity index (χ0) is 7.72. The molecule has 2 radical (unpaired) electrons. The van der Waals surface area contributed by atoms with Crippen molar-refractivity contribution in [3.63, 3.8) is 0 Å². The van der Waals surface area contributed by atoms with Gasteiger partial charge in [0.05, 0.1) is 12.1 Å². The van der Waals surface area contributed by atoms with Crippen LogP contribution in [0, 0.1) is 0 Å². The third-order valence-electron chi connectivity index (χ3n) is 1.35. The third kappa shape index (κ3) is 1.09. The van der Waals surface area contributed by atoms with Crippen molar-refractivity contribution in [2.45, 2.75) is 31.3 Å². The van der Waals surface area contributed by atoms with E-state index in [1.54, 1.807) is 0 Å². The highest BCUT2D eigenvalue weighted by molar-refractivity contribution is 6.11.